The number of hydrogen-bond donors (Lipinski definition) is 1. The van der Waals surface area contributed by atoms with E-state index in [0.717, 1.165) is 5.56 Å². The van der Waals surface area contributed by atoms with E-state index in [2.05, 4.69) is 20.8 Å². The summed E-state index contributed by atoms with van der Waals surface area (Å²) in [4.78, 5) is 14.4. The van der Waals surface area contributed by atoms with Gasteiger partial charge in [-0.3, -0.25) is 4.79 Å². The number of carbonyl (C=O) groups is 1. The molecule has 0 aliphatic heterocycles. The van der Waals surface area contributed by atoms with Gasteiger partial charge in [-0.25, -0.2) is 0 Å². The average molecular weight is 278 g/mol. The fourth-order valence-electron chi connectivity index (χ4n) is 2.08. The Kier molecular flexibility index (Phi) is 5.06. The van der Waals surface area contributed by atoms with E-state index in [1.54, 1.807) is 11.9 Å². The molecule has 0 saturated heterocycles. The molecule has 0 fully saturated rings. The van der Waals surface area contributed by atoms with Crippen LogP contribution in [0.25, 0.3) is 0 Å². The normalized spacial score (nSPS) is 12.8. The van der Waals surface area contributed by atoms with Crippen molar-refractivity contribution >= 4 is 23.1 Å². The van der Waals surface area contributed by atoms with Gasteiger partial charge in [-0.2, -0.15) is 0 Å². The Morgan fingerprint density at radius 2 is 1.84 bits per heavy atom. The fourth-order valence-corrected chi connectivity index (χ4v) is 2.32. The third kappa shape index (κ3) is 4.63. The number of amides is 1. The molecular weight excluding hydrogens is 256 g/mol. The molecule has 1 amide bonds. The van der Waals surface area contributed by atoms with Crippen molar-refractivity contribution in [2.45, 2.75) is 26.7 Å². The number of hydrogen-bond acceptors (Lipinski definition) is 2. The third-order valence-corrected chi connectivity index (χ3v) is 2.99. The lowest BCUT2D eigenvalue weighted by atomic mass is 9.93. The van der Waals surface area contributed by atoms with E-state index in [-0.39, 0.29) is 16.3 Å². The molecule has 4 heteroatoms. The summed E-state index contributed by atoms with van der Waals surface area (Å²) in [6, 6.07) is 9.44. The summed E-state index contributed by atoms with van der Waals surface area (Å²) in [5.41, 5.74) is 6.65. The maximum atomic E-state index is 12.5. The minimum Gasteiger partial charge on any atom is -0.392 e. The van der Waals surface area contributed by atoms with Gasteiger partial charge in [0.05, 0.1) is 4.99 Å². The zero-order chi connectivity index (χ0) is 14.6. The summed E-state index contributed by atoms with van der Waals surface area (Å²) < 4.78 is 0. The van der Waals surface area contributed by atoms with Crippen molar-refractivity contribution < 1.29 is 4.79 Å². The quantitative estimate of drug-likeness (QED) is 0.861. The van der Waals surface area contributed by atoms with Crippen LogP contribution in [-0.4, -0.2) is 29.4 Å². The number of likely N-dealkylation sites (N-methyl/N-ethyl adjacent to an activating group) is 1. The molecule has 1 rings (SSSR count). The molecule has 1 aromatic rings. The van der Waals surface area contributed by atoms with Crippen LogP contribution in [0.3, 0.4) is 0 Å². The van der Waals surface area contributed by atoms with Gasteiger partial charge >= 0.3 is 0 Å². The lowest BCUT2D eigenvalue weighted by Gasteiger charge is -2.29. The Hall–Kier alpha value is -1.42. The summed E-state index contributed by atoms with van der Waals surface area (Å²) in [6.07, 6.45) is 0. The van der Waals surface area contributed by atoms with Gasteiger partial charge in [0.15, 0.2) is 0 Å². The summed E-state index contributed by atoms with van der Waals surface area (Å²) in [5.74, 6) is -0.586. The van der Waals surface area contributed by atoms with Crippen LogP contribution < -0.4 is 5.73 Å². The molecule has 0 heterocycles. The van der Waals surface area contributed by atoms with E-state index in [0.29, 0.717) is 6.54 Å². The van der Waals surface area contributed by atoms with Gasteiger partial charge in [-0.15, -0.1) is 0 Å². The van der Waals surface area contributed by atoms with Crippen molar-refractivity contribution in [2.75, 3.05) is 13.6 Å². The topological polar surface area (TPSA) is 46.3 Å². The SMILES string of the molecule is CN(CC(C)(C)C)C(=O)C(C(N)=S)c1ccccc1. The third-order valence-electron chi connectivity index (χ3n) is 2.75. The molecule has 0 spiro atoms. The van der Waals surface area contributed by atoms with Gasteiger partial charge in [0, 0.05) is 13.6 Å². The Morgan fingerprint density at radius 3 is 2.26 bits per heavy atom. The minimum atomic E-state index is -0.538. The van der Waals surface area contributed by atoms with Gasteiger partial charge in [0.1, 0.15) is 5.92 Å². The lowest BCUT2D eigenvalue weighted by molar-refractivity contribution is -0.131. The van der Waals surface area contributed by atoms with Gasteiger partial charge < -0.3 is 10.6 Å². The van der Waals surface area contributed by atoms with Crippen LogP contribution in [0.15, 0.2) is 30.3 Å². The maximum Gasteiger partial charge on any atom is 0.236 e. The number of nitrogens with two attached hydrogens (primary N) is 1. The predicted octanol–water partition coefficient (Wildman–Crippen LogP) is 2.56. The molecule has 104 valence electrons. The van der Waals surface area contributed by atoms with Gasteiger partial charge in [-0.05, 0) is 11.0 Å². The molecule has 0 bridgehead atoms. The fraction of sp³-hybridized carbons (Fsp3) is 0.467. The van der Waals surface area contributed by atoms with E-state index in [1.807, 2.05) is 30.3 Å². The number of carbonyl (C=O) groups excluding carboxylic acids is 1. The summed E-state index contributed by atoms with van der Waals surface area (Å²) in [6.45, 7) is 6.94. The molecular formula is C15H22N2OS. The highest BCUT2D eigenvalue weighted by atomic mass is 32.1. The summed E-state index contributed by atoms with van der Waals surface area (Å²) in [7, 11) is 1.79. The second-order valence-electron chi connectivity index (χ2n) is 6.00. The van der Waals surface area contributed by atoms with Crippen LogP contribution in [0.4, 0.5) is 0 Å². The molecule has 0 aliphatic carbocycles. The van der Waals surface area contributed by atoms with E-state index >= 15 is 0 Å². The number of nitrogens with zero attached hydrogens (tertiary/aromatic N) is 1. The highest BCUT2D eigenvalue weighted by molar-refractivity contribution is 7.80. The smallest absolute Gasteiger partial charge is 0.236 e. The zero-order valence-corrected chi connectivity index (χ0v) is 12.8. The van der Waals surface area contributed by atoms with Crippen molar-refractivity contribution in [1.82, 2.24) is 4.90 Å². The highest BCUT2D eigenvalue weighted by Gasteiger charge is 2.28. The van der Waals surface area contributed by atoms with E-state index in [4.69, 9.17) is 18.0 Å². The van der Waals surface area contributed by atoms with Crippen LogP contribution in [0.1, 0.15) is 32.3 Å². The predicted molar refractivity (Wildman–Crippen MR) is 83.1 cm³/mol. The molecule has 2 N–H and O–H groups in total. The van der Waals surface area contributed by atoms with Crippen LogP contribution in [0.2, 0.25) is 0 Å². The highest BCUT2D eigenvalue weighted by Crippen LogP contribution is 2.21. The molecule has 0 aliphatic rings. The van der Waals surface area contributed by atoms with Gasteiger partial charge in [0.2, 0.25) is 5.91 Å². The summed E-state index contributed by atoms with van der Waals surface area (Å²) in [5, 5.41) is 0. The van der Waals surface area contributed by atoms with E-state index in [1.165, 1.54) is 0 Å². The monoisotopic (exact) mass is 278 g/mol. The first-order chi connectivity index (χ1) is 8.72. The van der Waals surface area contributed by atoms with Crippen LogP contribution in [0.5, 0.6) is 0 Å². The molecule has 3 nitrogen and oxygen atoms in total. The Balaban J connectivity index is 2.95. The Morgan fingerprint density at radius 1 is 1.32 bits per heavy atom. The van der Waals surface area contributed by atoms with E-state index < -0.39 is 5.92 Å². The molecule has 1 unspecified atom stereocenters. The molecule has 1 aromatic carbocycles. The van der Waals surface area contributed by atoms with Crippen molar-refractivity contribution in [3.05, 3.63) is 35.9 Å². The Labute approximate surface area is 120 Å². The number of rotatable bonds is 4. The number of thiocarbonyl (C=S) groups is 1. The standard InChI is InChI=1S/C15H22N2OS/c1-15(2,3)10-17(4)14(18)12(13(16)19)11-8-6-5-7-9-11/h5-9,12H,10H2,1-4H3,(H2,16,19). The van der Waals surface area contributed by atoms with Crippen LogP contribution in [0, 0.1) is 5.41 Å². The maximum absolute atomic E-state index is 12.5. The van der Waals surface area contributed by atoms with Crippen LogP contribution in [-0.2, 0) is 4.79 Å². The molecule has 0 aromatic heterocycles. The van der Waals surface area contributed by atoms with Crippen LogP contribution >= 0.6 is 12.2 Å². The first kappa shape index (κ1) is 15.6. The van der Waals surface area contributed by atoms with E-state index in [9.17, 15) is 4.79 Å². The van der Waals surface area contributed by atoms with Crippen molar-refractivity contribution in [2.24, 2.45) is 11.1 Å². The molecule has 19 heavy (non-hydrogen) atoms. The van der Waals surface area contributed by atoms with Gasteiger partial charge in [-0.1, -0.05) is 63.3 Å². The first-order valence-corrected chi connectivity index (χ1v) is 6.72. The number of benzene rings is 1. The summed E-state index contributed by atoms with van der Waals surface area (Å²) >= 11 is 5.07. The zero-order valence-electron chi connectivity index (χ0n) is 12.0. The second kappa shape index (κ2) is 6.15. The van der Waals surface area contributed by atoms with Crippen molar-refractivity contribution in [1.29, 1.82) is 0 Å². The Bertz CT molecular complexity index is 451. The molecule has 1 atom stereocenters. The minimum absolute atomic E-state index is 0.0435. The largest absolute Gasteiger partial charge is 0.392 e. The molecule has 0 saturated carbocycles. The lowest BCUT2D eigenvalue weighted by Crippen LogP contribution is -2.41. The van der Waals surface area contributed by atoms with Crippen molar-refractivity contribution in [3.63, 3.8) is 0 Å². The molecule has 0 radical (unpaired) electrons. The second-order valence-corrected chi connectivity index (χ2v) is 6.47. The first-order valence-electron chi connectivity index (χ1n) is 6.31. The van der Waals surface area contributed by atoms with Crippen molar-refractivity contribution in [3.8, 4) is 0 Å². The average Bonchev–Trinajstić information content (AvgIpc) is 2.27. The van der Waals surface area contributed by atoms with Gasteiger partial charge in [0.25, 0.3) is 0 Å².